The van der Waals surface area contributed by atoms with Crippen LogP contribution in [0.1, 0.15) is 5.56 Å². The maximum atomic E-state index is 12.2. The van der Waals surface area contributed by atoms with E-state index in [1.807, 2.05) is 0 Å². The van der Waals surface area contributed by atoms with Gasteiger partial charge in [-0.05, 0) is 35.9 Å². The molecule has 0 fully saturated rings. The van der Waals surface area contributed by atoms with Crippen molar-refractivity contribution in [2.75, 3.05) is 40.0 Å². The predicted molar refractivity (Wildman–Crippen MR) is 123 cm³/mol. The fourth-order valence-electron chi connectivity index (χ4n) is 2.60. The molecule has 0 aliphatic rings. The Morgan fingerprint density at radius 1 is 1.03 bits per heavy atom. The van der Waals surface area contributed by atoms with E-state index in [2.05, 4.69) is 5.32 Å². The highest BCUT2D eigenvalue weighted by atomic mass is 35.5. The second kappa shape index (κ2) is 11.1. The van der Waals surface area contributed by atoms with Crippen LogP contribution in [0.5, 0.6) is 5.75 Å². The topological polar surface area (TPSA) is 113 Å². The third-order valence-corrected chi connectivity index (χ3v) is 7.78. The van der Waals surface area contributed by atoms with Gasteiger partial charge in [0.15, 0.2) is 0 Å². The summed E-state index contributed by atoms with van der Waals surface area (Å²) in [5.74, 6) is -0.0491. The quantitative estimate of drug-likeness (QED) is 0.465. The van der Waals surface area contributed by atoms with Crippen LogP contribution in [0, 0.1) is 0 Å². The maximum Gasteiger partial charge on any atom is 0.242 e. The zero-order valence-corrected chi connectivity index (χ0v) is 20.4. The summed E-state index contributed by atoms with van der Waals surface area (Å²) in [7, 11) is -4.27. The average Bonchev–Trinajstić information content (AvgIpc) is 2.72. The number of rotatable bonds is 11. The number of benzene rings is 2. The Bertz CT molecular complexity index is 1140. The number of nitrogens with one attached hydrogen (secondary N) is 1. The van der Waals surface area contributed by atoms with E-state index in [-0.39, 0.29) is 31.1 Å². The van der Waals surface area contributed by atoms with Gasteiger partial charge in [0.2, 0.25) is 26.0 Å². The van der Waals surface area contributed by atoms with Gasteiger partial charge in [0.05, 0.1) is 24.2 Å². The summed E-state index contributed by atoms with van der Waals surface area (Å²) in [4.78, 5) is 12.4. The lowest BCUT2D eigenvalue weighted by Crippen LogP contribution is -2.41. The molecule has 1 amide bonds. The summed E-state index contributed by atoms with van der Waals surface area (Å²) in [6.07, 6.45) is 1.03. The third kappa shape index (κ3) is 7.45. The van der Waals surface area contributed by atoms with Crippen molar-refractivity contribution in [1.29, 1.82) is 0 Å². The first kappa shape index (κ1) is 26.1. The van der Waals surface area contributed by atoms with Gasteiger partial charge in [0, 0.05) is 25.7 Å². The molecule has 2 aromatic rings. The monoisotopic (exact) mass is 503 g/mol. The van der Waals surface area contributed by atoms with Gasteiger partial charge < -0.3 is 10.1 Å². The fourth-order valence-corrected chi connectivity index (χ4v) is 4.42. The molecule has 0 heterocycles. The molecule has 0 bridgehead atoms. The molecule has 0 radical (unpaired) electrons. The SMILES string of the molecule is CN(C)S(=O)(=O)c1ccc(OCCNC(=O)CN(Cc2ccccc2Cl)S(C)(=O)=O)cc1. The summed E-state index contributed by atoms with van der Waals surface area (Å²) < 4.78 is 55.9. The van der Waals surface area contributed by atoms with Gasteiger partial charge in [-0.3, -0.25) is 4.79 Å². The minimum absolute atomic E-state index is 0.0232. The molecule has 0 saturated carbocycles. The van der Waals surface area contributed by atoms with E-state index in [1.165, 1.54) is 38.4 Å². The summed E-state index contributed by atoms with van der Waals surface area (Å²) in [5, 5.41) is 3.02. The molecule has 2 rings (SSSR count). The van der Waals surface area contributed by atoms with Crippen molar-refractivity contribution in [3.8, 4) is 5.75 Å². The molecule has 1 N–H and O–H groups in total. The highest BCUT2D eigenvalue weighted by Crippen LogP contribution is 2.19. The van der Waals surface area contributed by atoms with Crippen molar-refractivity contribution in [3.05, 3.63) is 59.1 Å². The van der Waals surface area contributed by atoms with Crippen LogP contribution in [0.25, 0.3) is 0 Å². The number of hydrogen-bond acceptors (Lipinski definition) is 6. The number of carbonyl (C=O) groups is 1. The number of amides is 1. The standard InChI is InChI=1S/C20H26ClN3O6S2/c1-23(2)32(28,29)18-10-8-17(9-11-18)30-13-12-22-20(25)15-24(31(3,26)27)14-16-6-4-5-7-19(16)21/h4-11H,12-15H2,1-3H3,(H,22,25). The molecule has 0 spiro atoms. The summed E-state index contributed by atoms with van der Waals surface area (Å²) >= 11 is 6.09. The molecule has 0 aromatic heterocycles. The largest absolute Gasteiger partial charge is 0.492 e. The van der Waals surface area contributed by atoms with E-state index in [0.29, 0.717) is 16.3 Å². The first-order valence-corrected chi connectivity index (χ1v) is 13.2. The van der Waals surface area contributed by atoms with Gasteiger partial charge >= 0.3 is 0 Å². The normalized spacial score (nSPS) is 12.2. The van der Waals surface area contributed by atoms with E-state index in [0.717, 1.165) is 14.9 Å². The Morgan fingerprint density at radius 3 is 2.22 bits per heavy atom. The van der Waals surface area contributed by atoms with Crippen LogP contribution in [0.4, 0.5) is 0 Å². The second-order valence-electron chi connectivity index (χ2n) is 7.08. The lowest BCUT2D eigenvalue weighted by Gasteiger charge is -2.20. The molecule has 12 heteroatoms. The van der Waals surface area contributed by atoms with Crippen LogP contribution >= 0.6 is 11.6 Å². The van der Waals surface area contributed by atoms with Crippen molar-refractivity contribution in [3.63, 3.8) is 0 Å². The number of sulfonamides is 2. The van der Waals surface area contributed by atoms with Gasteiger partial charge in [0.25, 0.3) is 0 Å². The Balaban J connectivity index is 1.86. The Morgan fingerprint density at radius 2 is 1.66 bits per heavy atom. The highest BCUT2D eigenvalue weighted by molar-refractivity contribution is 7.89. The predicted octanol–water partition coefficient (Wildman–Crippen LogP) is 1.55. The molecule has 0 aliphatic carbocycles. The van der Waals surface area contributed by atoms with Crippen LogP contribution < -0.4 is 10.1 Å². The molecular formula is C20H26ClN3O6S2. The highest BCUT2D eigenvalue weighted by Gasteiger charge is 2.21. The molecule has 9 nitrogen and oxygen atoms in total. The Labute approximate surface area is 194 Å². The van der Waals surface area contributed by atoms with Crippen LogP contribution in [0.3, 0.4) is 0 Å². The van der Waals surface area contributed by atoms with Crippen LogP contribution in [0.2, 0.25) is 5.02 Å². The fraction of sp³-hybridized carbons (Fsp3) is 0.350. The number of hydrogen-bond donors (Lipinski definition) is 1. The minimum Gasteiger partial charge on any atom is -0.492 e. The molecular weight excluding hydrogens is 478 g/mol. The Hall–Kier alpha value is -2.18. The van der Waals surface area contributed by atoms with Crippen molar-refractivity contribution in [1.82, 2.24) is 13.9 Å². The van der Waals surface area contributed by atoms with E-state index < -0.39 is 26.0 Å². The van der Waals surface area contributed by atoms with E-state index >= 15 is 0 Å². The lowest BCUT2D eigenvalue weighted by molar-refractivity contribution is -0.121. The summed E-state index contributed by atoms with van der Waals surface area (Å²) in [6.45, 7) is -0.124. The molecule has 32 heavy (non-hydrogen) atoms. The van der Waals surface area contributed by atoms with Gasteiger partial charge in [-0.25, -0.2) is 21.1 Å². The van der Waals surface area contributed by atoms with Crippen LogP contribution in [0.15, 0.2) is 53.4 Å². The smallest absolute Gasteiger partial charge is 0.242 e. The summed E-state index contributed by atoms with van der Waals surface area (Å²) in [6, 6.07) is 12.7. The average molecular weight is 504 g/mol. The number of ether oxygens (including phenoxy) is 1. The number of nitrogens with zero attached hydrogens (tertiary/aromatic N) is 2. The number of carbonyl (C=O) groups excluding carboxylic acids is 1. The molecule has 0 aliphatic heterocycles. The van der Waals surface area contributed by atoms with Gasteiger partial charge in [-0.1, -0.05) is 29.8 Å². The van der Waals surface area contributed by atoms with E-state index in [9.17, 15) is 21.6 Å². The summed E-state index contributed by atoms with van der Waals surface area (Å²) in [5.41, 5.74) is 0.593. The second-order valence-corrected chi connectivity index (χ2v) is 11.6. The van der Waals surface area contributed by atoms with E-state index in [4.69, 9.17) is 16.3 Å². The first-order valence-electron chi connectivity index (χ1n) is 9.52. The molecule has 0 saturated heterocycles. The zero-order valence-electron chi connectivity index (χ0n) is 18.0. The zero-order chi connectivity index (χ0) is 23.9. The lowest BCUT2D eigenvalue weighted by atomic mass is 10.2. The molecule has 2 aromatic carbocycles. The Kier molecular flexibility index (Phi) is 9.05. The van der Waals surface area contributed by atoms with Crippen LogP contribution in [-0.2, 0) is 31.4 Å². The number of halogens is 1. The van der Waals surface area contributed by atoms with Crippen LogP contribution in [-0.4, -0.2) is 71.4 Å². The molecule has 0 atom stereocenters. The maximum absolute atomic E-state index is 12.2. The van der Waals surface area contributed by atoms with Crippen molar-refractivity contribution in [2.24, 2.45) is 0 Å². The van der Waals surface area contributed by atoms with Crippen molar-refractivity contribution >= 4 is 37.6 Å². The minimum atomic E-state index is -3.64. The third-order valence-electron chi connectivity index (χ3n) is 4.39. The molecule has 176 valence electrons. The first-order chi connectivity index (χ1) is 14.9. The van der Waals surface area contributed by atoms with Crippen molar-refractivity contribution in [2.45, 2.75) is 11.4 Å². The van der Waals surface area contributed by atoms with Gasteiger partial charge in [0.1, 0.15) is 12.4 Å². The molecule has 0 unspecified atom stereocenters. The van der Waals surface area contributed by atoms with Crippen molar-refractivity contribution < 1.29 is 26.4 Å². The van der Waals surface area contributed by atoms with Gasteiger partial charge in [-0.2, -0.15) is 4.31 Å². The van der Waals surface area contributed by atoms with Gasteiger partial charge in [-0.15, -0.1) is 0 Å². The van der Waals surface area contributed by atoms with E-state index in [1.54, 1.807) is 24.3 Å².